The van der Waals surface area contributed by atoms with Crippen molar-refractivity contribution in [1.29, 1.82) is 0 Å². The molecule has 0 aliphatic rings. The summed E-state index contributed by atoms with van der Waals surface area (Å²) in [4.78, 5) is 4.31. The lowest BCUT2D eigenvalue weighted by atomic mass is 10.2. The summed E-state index contributed by atoms with van der Waals surface area (Å²) < 4.78 is 1.98. The first-order valence-corrected chi connectivity index (χ1v) is 7.30. The topological polar surface area (TPSA) is 43.6 Å². The molecule has 0 amide bonds. The van der Waals surface area contributed by atoms with Crippen molar-refractivity contribution in [1.82, 2.24) is 19.7 Å². The van der Waals surface area contributed by atoms with Crippen LogP contribution in [0.15, 0.2) is 59.9 Å². The van der Waals surface area contributed by atoms with Crippen molar-refractivity contribution in [2.75, 3.05) is 0 Å². The number of nitrogens with zero attached hydrogens (tertiary/aromatic N) is 4. The number of hydrogen-bond donors (Lipinski definition) is 0. The van der Waals surface area contributed by atoms with Crippen molar-refractivity contribution in [3.63, 3.8) is 0 Å². The van der Waals surface area contributed by atoms with Gasteiger partial charge in [0.05, 0.1) is 0 Å². The van der Waals surface area contributed by atoms with Crippen molar-refractivity contribution in [3.8, 4) is 11.5 Å². The fourth-order valence-electron chi connectivity index (χ4n) is 1.88. The zero-order valence-electron chi connectivity index (χ0n) is 11.1. The number of rotatable bonds is 4. The third-order valence-electron chi connectivity index (χ3n) is 2.94. The molecular weight excluding hydrogens is 268 g/mol. The summed E-state index contributed by atoms with van der Waals surface area (Å²) in [5.74, 6) is 1.68. The standard InChI is InChI=1S/C15H14N4S/c1-19-14(13-9-5-6-10-16-13)17-18-15(19)20-11-12-7-3-2-4-8-12/h2-10H,11H2,1H3. The molecule has 0 bridgehead atoms. The second kappa shape index (κ2) is 5.88. The Balaban J connectivity index is 1.78. The zero-order chi connectivity index (χ0) is 13.8. The van der Waals surface area contributed by atoms with Crippen LogP contribution >= 0.6 is 11.8 Å². The van der Waals surface area contributed by atoms with Crippen LogP contribution in [0.5, 0.6) is 0 Å². The number of aromatic nitrogens is 4. The van der Waals surface area contributed by atoms with Gasteiger partial charge in [-0.3, -0.25) is 4.98 Å². The van der Waals surface area contributed by atoms with Crippen molar-refractivity contribution in [2.24, 2.45) is 7.05 Å². The lowest BCUT2D eigenvalue weighted by molar-refractivity contribution is 0.792. The molecule has 3 aromatic rings. The normalized spacial score (nSPS) is 10.7. The molecular formula is C15H14N4S. The summed E-state index contributed by atoms with van der Waals surface area (Å²) in [5, 5.41) is 9.37. The van der Waals surface area contributed by atoms with Gasteiger partial charge in [-0.05, 0) is 17.7 Å². The molecule has 0 radical (unpaired) electrons. The Labute approximate surface area is 121 Å². The molecule has 2 aromatic heterocycles. The third-order valence-corrected chi connectivity index (χ3v) is 4.03. The highest BCUT2D eigenvalue weighted by Gasteiger charge is 2.11. The van der Waals surface area contributed by atoms with Crippen LogP contribution in [-0.2, 0) is 12.8 Å². The highest BCUT2D eigenvalue weighted by molar-refractivity contribution is 7.98. The molecule has 0 atom stereocenters. The quantitative estimate of drug-likeness (QED) is 0.689. The van der Waals surface area contributed by atoms with Crippen molar-refractivity contribution in [3.05, 3.63) is 60.3 Å². The maximum Gasteiger partial charge on any atom is 0.191 e. The van der Waals surface area contributed by atoms with Crippen molar-refractivity contribution in [2.45, 2.75) is 10.9 Å². The van der Waals surface area contributed by atoms with Crippen LogP contribution < -0.4 is 0 Å². The van der Waals surface area contributed by atoms with E-state index in [1.807, 2.05) is 48.0 Å². The Bertz CT molecular complexity index is 680. The van der Waals surface area contributed by atoms with Gasteiger partial charge in [-0.25, -0.2) is 0 Å². The Morgan fingerprint density at radius 2 is 1.80 bits per heavy atom. The highest BCUT2D eigenvalue weighted by Crippen LogP contribution is 2.23. The van der Waals surface area contributed by atoms with E-state index in [1.54, 1.807) is 18.0 Å². The van der Waals surface area contributed by atoms with E-state index < -0.39 is 0 Å². The van der Waals surface area contributed by atoms with Crippen LogP contribution in [0.3, 0.4) is 0 Å². The maximum absolute atomic E-state index is 4.31. The number of benzene rings is 1. The lowest BCUT2D eigenvalue weighted by Crippen LogP contribution is -1.96. The maximum atomic E-state index is 4.31. The fourth-order valence-corrected chi connectivity index (χ4v) is 2.75. The van der Waals surface area contributed by atoms with Gasteiger partial charge in [0.2, 0.25) is 0 Å². The molecule has 0 aliphatic heterocycles. The predicted octanol–water partition coefficient (Wildman–Crippen LogP) is 3.17. The smallest absolute Gasteiger partial charge is 0.191 e. The number of hydrogen-bond acceptors (Lipinski definition) is 4. The van der Waals surface area contributed by atoms with E-state index in [-0.39, 0.29) is 0 Å². The summed E-state index contributed by atoms with van der Waals surface area (Å²) in [7, 11) is 1.97. The first-order chi connectivity index (χ1) is 9.84. The molecule has 3 rings (SSSR count). The molecule has 0 fully saturated rings. The minimum Gasteiger partial charge on any atom is -0.304 e. The number of pyridine rings is 1. The predicted molar refractivity (Wildman–Crippen MR) is 80.2 cm³/mol. The minimum absolute atomic E-state index is 0.793. The van der Waals surface area contributed by atoms with E-state index in [0.29, 0.717) is 0 Å². The van der Waals surface area contributed by atoms with Crippen molar-refractivity contribution < 1.29 is 0 Å². The second-order valence-corrected chi connectivity index (χ2v) is 5.30. The van der Waals surface area contributed by atoms with Gasteiger partial charge in [0.15, 0.2) is 11.0 Å². The lowest BCUT2D eigenvalue weighted by Gasteiger charge is -2.03. The van der Waals surface area contributed by atoms with Gasteiger partial charge in [0.1, 0.15) is 5.69 Å². The van der Waals surface area contributed by atoms with Gasteiger partial charge < -0.3 is 4.57 Å². The molecule has 0 aliphatic carbocycles. The SMILES string of the molecule is Cn1c(SCc2ccccc2)nnc1-c1ccccn1. The van der Waals surface area contributed by atoms with Gasteiger partial charge >= 0.3 is 0 Å². The van der Waals surface area contributed by atoms with E-state index in [4.69, 9.17) is 0 Å². The van der Waals surface area contributed by atoms with Crippen LogP contribution in [0, 0.1) is 0 Å². The molecule has 1 aromatic carbocycles. The summed E-state index contributed by atoms with van der Waals surface area (Å²) in [6.45, 7) is 0. The van der Waals surface area contributed by atoms with E-state index in [2.05, 4.69) is 27.3 Å². The Kier molecular flexibility index (Phi) is 3.78. The monoisotopic (exact) mass is 282 g/mol. The molecule has 20 heavy (non-hydrogen) atoms. The Morgan fingerprint density at radius 3 is 2.55 bits per heavy atom. The molecule has 4 nitrogen and oxygen atoms in total. The molecule has 5 heteroatoms. The van der Waals surface area contributed by atoms with Gasteiger partial charge in [-0.2, -0.15) is 0 Å². The molecule has 0 saturated carbocycles. The van der Waals surface area contributed by atoms with Crippen LogP contribution in [0.1, 0.15) is 5.56 Å². The van der Waals surface area contributed by atoms with Crippen LogP contribution in [0.2, 0.25) is 0 Å². The van der Waals surface area contributed by atoms with Gasteiger partial charge in [0.25, 0.3) is 0 Å². The molecule has 0 saturated heterocycles. The van der Waals surface area contributed by atoms with Gasteiger partial charge in [-0.1, -0.05) is 48.2 Å². The average Bonchev–Trinajstić information content (AvgIpc) is 2.88. The second-order valence-electron chi connectivity index (χ2n) is 4.35. The largest absolute Gasteiger partial charge is 0.304 e. The summed E-state index contributed by atoms with van der Waals surface area (Å²) in [6, 6.07) is 16.1. The summed E-state index contributed by atoms with van der Waals surface area (Å²) in [5.41, 5.74) is 2.12. The third kappa shape index (κ3) is 2.72. The first-order valence-electron chi connectivity index (χ1n) is 6.32. The fraction of sp³-hybridized carbons (Fsp3) is 0.133. The van der Waals surface area contributed by atoms with E-state index in [1.165, 1.54) is 5.56 Å². The average molecular weight is 282 g/mol. The zero-order valence-corrected chi connectivity index (χ0v) is 11.9. The Hall–Kier alpha value is -2.14. The molecule has 0 unspecified atom stereocenters. The van der Waals surface area contributed by atoms with Crippen LogP contribution in [0.25, 0.3) is 11.5 Å². The van der Waals surface area contributed by atoms with Crippen LogP contribution in [-0.4, -0.2) is 19.7 Å². The minimum atomic E-state index is 0.793. The van der Waals surface area contributed by atoms with E-state index in [9.17, 15) is 0 Å². The van der Waals surface area contributed by atoms with Crippen LogP contribution in [0.4, 0.5) is 0 Å². The number of thioether (sulfide) groups is 1. The first kappa shape index (κ1) is 12.9. The Morgan fingerprint density at radius 1 is 1.00 bits per heavy atom. The summed E-state index contributed by atoms with van der Waals surface area (Å²) in [6.07, 6.45) is 1.76. The molecule has 0 spiro atoms. The summed E-state index contributed by atoms with van der Waals surface area (Å²) >= 11 is 1.68. The van der Waals surface area contributed by atoms with E-state index in [0.717, 1.165) is 22.4 Å². The highest BCUT2D eigenvalue weighted by atomic mass is 32.2. The molecule has 100 valence electrons. The van der Waals surface area contributed by atoms with Crippen molar-refractivity contribution >= 4 is 11.8 Å². The van der Waals surface area contributed by atoms with E-state index >= 15 is 0 Å². The van der Waals surface area contributed by atoms with Gasteiger partial charge in [-0.15, -0.1) is 10.2 Å². The molecule has 2 heterocycles. The molecule has 0 N–H and O–H groups in total. The van der Waals surface area contributed by atoms with Gasteiger partial charge in [0, 0.05) is 19.0 Å².